The molecule has 1 amide bonds. The van der Waals surface area contributed by atoms with Gasteiger partial charge in [0, 0.05) is 16.6 Å². The largest absolute Gasteiger partial charge is 0.322 e. The summed E-state index contributed by atoms with van der Waals surface area (Å²) in [7, 11) is 0. The second-order valence-electron chi connectivity index (χ2n) is 4.50. The standard InChI is InChI=1S/C17H19NOS/c1-3-13-7-5-8-14(4-2)17(13)18-16(19)11-10-15-9-6-12-20-15/h5-12H,3-4H2,1-2H3,(H,18,19)/b11-10+. The number of nitrogens with one attached hydrogen (secondary N) is 1. The van der Waals surface area contributed by atoms with Gasteiger partial charge in [-0.3, -0.25) is 4.79 Å². The fraction of sp³-hybridized carbons (Fsp3) is 0.235. The number of carbonyl (C=O) groups excluding carboxylic acids is 1. The summed E-state index contributed by atoms with van der Waals surface area (Å²) < 4.78 is 0. The van der Waals surface area contributed by atoms with Crippen LogP contribution in [-0.2, 0) is 17.6 Å². The minimum Gasteiger partial charge on any atom is -0.322 e. The van der Waals surface area contributed by atoms with E-state index >= 15 is 0 Å². The maximum absolute atomic E-state index is 12.1. The molecule has 104 valence electrons. The highest BCUT2D eigenvalue weighted by atomic mass is 32.1. The first-order chi connectivity index (χ1) is 9.74. The van der Waals surface area contributed by atoms with Gasteiger partial charge in [-0.25, -0.2) is 0 Å². The van der Waals surface area contributed by atoms with Gasteiger partial charge in [-0.05, 0) is 41.5 Å². The molecule has 0 saturated carbocycles. The Hall–Kier alpha value is -1.87. The summed E-state index contributed by atoms with van der Waals surface area (Å²) in [5.74, 6) is -0.0750. The highest BCUT2D eigenvalue weighted by molar-refractivity contribution is 7.10. The molecule has 0 saturated heterocycles. The normalized spacial score (nSPS) is 10.9. The van der Waals surface area contributed by atoms with Gasteiger partial charge in [-0.1, -0.05) is 38.1 Å². The number of carbonyl (C=O) groups is 1. The molecule has 0 spiro atoms. The van der Waals surface area contributed by atoms with Crippen LogP contribution in [0.3, 0.4) is 0 Å². The fourth-order valence-corrected chi connectivity index (χ4v) is 2.73. The predicted molar refractivity (Wildman–Crippen MR) is 87.2 cm³/mol. The molecule has 0 radical (unpaired) electrons. The molecule has 2 rings (SSSR count). The number of thiophene rings is 1. The second kappa shape index (κ2) is 7.06. The second-order valence-corrected chi connectivity index (χ2v) is 5.48. The molecule has 2 nitrogen and oxygen atoms in total. The number of rotatable bonds is 5. The summed E-state index contributed by atoms with van der Waals surface area (Å²) in [6, 6.07) is 10.2. The Balaban J connectivity index is 2.15. The number of hydrogen-bond acceptors (Lipinski definition) is 2. The first-order valence-electron chi connectivity index (χ1n) is 6.88. The van der Waals surface area contributed by atoms with Crippen molar-refractivity contribution >= 4 is 29.0 Å². The van der Waals surface area contributed by atoms with E-state index < -0.39 is 0 Å². The molecular weight excluding hydrogens is 266 g/mol. The molecule has 1 heterocycles. The zero-order valence-electron chi connectivity index (χ0n) is 11.8. The van der Waals surface area contributed by atoms with Crippen LogP contribution in [0.2, 0.25) is 0 Å². The van der Waals surface area contributed by atoms with Crippen molar-refractivity contribution in [1.82, 2.24) is 0 Å². The van der Waals surface area contributed by atoms with Crippen molar-refractivity contribution in [3.8, 4) is 0 Å². The molecule has 1 aromatic heterocycles. The van der Waals surface area contributed by atoms with Gasteiger partial charge >= 0.3 is 0 Å². The molecule has 3 heteroatoms. The van der Waals surface area contributed by atoms with Crippen molar-refractivity contribution in [2.24, 2.45) is 0 Å². The van der Waals surface area contributed by atoms with Crippen LogP contribution in [-0.4, -0.2) is 5.91 Å². The number of para-hydroxylation sites is 1. The molecule has 0 atom stereocenters. The predicted octanol–water partition coefficient (Wildman–Crippen LogP) is 4.52. The van der Waals surface area contributed by atoms with Gasteiger partial charge in [0.15, 0.2) is 0 Å². The molecule has 0 aliphatic heterocycles. The molecule has 0 unspecified atom stereocenters. The SMILES string of the molecule is CCc1cccc(CC)c1NC(=O)/C=C/c1cccs1. The van der Waals surface area contributed by atoms with Crippen molar-refractivity contribution in [3.05, 3.63) is 57.8 Å². The molecule has 1 N–H and O–H groups in total. The summed E-state index contributed by atoms with van der Waals surface area (Å²) in [5, 5.41) is 5.02. The lowest BCUT2D eigenvalue weighted by atomic mass is 10.0. The molecule has 1 aromatic carbocycles. The van der Waals surface area contributed by atoms with Crippen LogP contribution in [0.25, 0.3) is 6.08 Å². The summed E-state index contributed by atoms with van der Waals surface area (Å²) >= 11 is 1.62. The Morgan fingerprint density at radius 2 is 1.85 bits per heavy atom. The lowest BCUT2D eigenvalue weighted by Gasteiger charge is -2.13. The molecule has 0 aliphatic rings. The van der Waals surface area contributed by atoms with E-state index in [4.69, 9.17) is 0 Å². The number of amides is 1. The van der Waals surface area contributed by atoms with Crippen LogP contribution in [0.1, 0.15) is 29.9 Å². The van der Waals surface area contributed by atoms with Crippen LogP contribution in [0.5, 0.6) is 0 Å². The maximum Gasteiger partial charge on any atom is 0.248 e. The topological polar surface area (TPSA) is 29.1 Å². The average Bonchev–Trinajstić information content (AvgIpc) is 2.98. The third kappa shape index (κ3) is 3.58. The third-order valence-corrected chi connectivity index (χ3v) is 4.03. The third-order valence-electron chi connectivity index (χ3n) is 3.19. The van der Waals surface area contributed by atoms with Crippen molar-refractivity contribution in [1.29, 1.82) is 0 Å². The lowest BCUT2D eigenvalue weighted by molar-refractivity contribution is -0.111. The van der Waals surface area contributed by atoms with Gasteiger partial charge in [0.25, 0.3) is 0 Å². The lowest BCUT2D eigenvalue weighted by Crippen LogP contribution is -2.11. The first-order valence-corrected chi connectivity index (χ1v) is 7.75. The molecule has 0 fully saturated rings. The summed E-state index contributed by atoms with van der Waals surface area (Å²) in [5.41, 5.74) is 3.34. The van der Waals surface area contributed by atoms with Gasteiger partial charge in [0.1, 0.15) is 0 Å². The molecule has 20 heavy (non-hydrogen) atoms. The highest BCUT2D eigenvalue weighted by Crippen LogP contribution is 2.22. The molecule has 0 aliphatic carbocycles. The summed E-state index contributed by atoms with van der Waals surface area (Å²) in [6.45, 7) is 4.21. The van der Waals surface area contributed by atoms with Crippen molar-refractivity contribution in [2.75, 3.05) is 5.32 Å². The van der Waals surface area contributed by atoms with E-state index in [-0.39, 0.29) is 5.91 Å². The van der Waals surface area contributed by atoms with E-state index in [2.05, 4.69) is 37.4 Å². The first kappa shape index (κ1) is 14.5. The Bertz CT molecular complexity index is 577. The monoisotopic (exact) mass is 285 g/mol. The molecule has 0 bridgehead atoms. The van der Waals surface area contributed by atoms with Gasteiger partial charge in [0.2, 0.25) is 5.91 Å². The summed E-state index contributed by atoms with van der Waals surface area (Å²) in [6.07, 6.45) is 5.27. The molecular formula is C17H19NOS. The van der Waals surface area contributed by atoms with Gasteiger partial charge in [0.05, 0.1) is 0 Å². The fourth-order valence-electron chi connectivity index (χ4n) is 2.11. The van der Waals surface area contributed by atoms with E-state index in [1.54, 1.807) is 17.4 Å². The van der Waals surface area contributed by atoms with E-state index in [1.807, 2.05) is 23.6 Å². The Kier molecular flexibility index (Phi) is 5.13. The van der Waals surface area contributed by atoms with E-state index in [9.17, 15) is 4.79 Å². The van der Waals surface area contributed by atoms with Crippen molar-refractivity contribution in [3.63, 3.8) is 0 Å². The summed E-state index contributed by atoms with van der Waals surface area (Å²) in [4.78, 5) is 13.1. The minimum atomic E-state index is -0.0750. The Morgan fingerprint density at radius 1 is 1.15 bits per heavy atom. The van der Waals surface area contributed by atoms with E-state index in [0.29, 0.717) is 0 Å². The molecule has 2 aromatic rings. The van der Waals surface area contributed by atoms with Crippen LogP contribution < -0.4 is 5.32 Å². The van der Waals surface area contributed by atoms with Gasteiger partial charge in [-0.2, -0.15) is 0 Å². The van der Waals surface area contributed by atoms with Gasteiger partial charge < -0.3 is 5.32 Å². The Morgan fingerprint density at radius 3 is 2.40 bits per heavy atom. The Labute approximate surface area is 124 Å². The van der Waals surface area contributed by atoms with Crippen LogP contribution in [0.15, 0.2) is 41.8 Å². The smallest absolute Gasteiger partial charge is 0.248 e. The van der Waals surface area contributed by atoms with Crippen LogP contribution in [0, 0.1) is 0 Å². The van der Waals surface area contributed by atoms with Crippen molar-refractivity contribution in [2.45, 2.75) is 26.7 Å². The van der Waals surface area contributed by atoms with Gasteiger partial charge in [-0.15, -0.1) is 11.3 Å². The van der Waals surface area contributed by atoms with Crippen molar-refractivity contribution < 1.29 is 4.79 Å². The number of aryl methyl sites for hydroxylation is 2. The average molecular weight is 285 g/mol. The highest BCUT2D eigenvalue weighted by Gasteiger charge is 2.08. The van der Waals surface area contributed by atoms with E-state index in [0.717, 1.165) is 23.4 Å². The van der Waals surface area contributed by atoms with Crippen LogP contribution in [0.4, 0.5) is 5.69 Å². The maximum atomic E-state index is 12.1. The number of anilines is 1. The minimum absolute atomic E-state index is 0.0750. The zero-order chi connectivity index (χ0) is 14.4. The zero-order valence-corrected chi connectivity index (χ0v) is 12.7. The number of hydrogen-bond donors (Lipinski definition) is 1. The van der Waals surface area contributed by atoms with Crippen LogP contribution >= 0.6 is 11.3 Å². The van der Waals surface area contributed by atoms with E-state index in [1.165, 1.54) is 11.1 Å². The quantitative estimate of drug-likeness (QED) is 0.804. The number of benzene rings is 1.